The molecule has 0 saturated carbocycles. The van der Waals surface area contributed by atoms with Gasteiger partial charge in [-0.15, -0.1) is 0 Å². The fourth-order valence-corrected chi connectivity index (χ4v) is 6.73. The van der Waals surface area contributed by atoms with E-state index in [1.807, 2.05) is 0 Å². The van der Waals surface area contributed by atoms with Crippen LogP contribution in [0, 0.1) is 0 Å². The standard InChI is InChI=1S/C57H94O6/c1-4-7-10-13-16-19-22-25-28-31-34-37-40-43-46-49-55(58)61-52-54(63-57(60)51-48-45-42-39-36-33-30-27-24-21-18-15-12-9-6-3)53-62-56(59)50-47-44-41-38-35-32-29-26-23-20-17-14-11-8-5-2/h7,9-10,12,16-21,25-30,54H,4-6,8,11,13-15,22-24,31-53H2,1-3H3/b10-7+,12-9+,19-16+,20-17+,21-18+,28-25+,29-26+,30-27+. The molecule has 0 aromatic heterocycles. The average Bonchev–Trinajstić information content (AvgIpc) is 3.28. The van der Waals surface area contributed by atoms with E-state index in [0.717, 1.165) is 161 Å². The molecule has 0 fully saturated rings. The van der Waals surface area contributed by atoms with Gasteiger partial charge in [-0.1, -0.05) is 189 Å². The second-order valence-corrected chi connectivity index (χ2v) is 16.7. The molecule has 0 radical (unpaired) electrons. The zero-order valence-corrected chi connectivity index (χ0v) is 40.8. The highest BCUT2D eigenvalue weighted by molar-refractivity contribution is 5.71. The highest BCUT2D eigenvalue weighted by atomic mass is 16.6. The van der Waals surface area contributed by atoms with Crippen molar-refractivity contribution in [3.05, 3.63) is 97.2 Å². The summed E-state index contributed by atoms with van der Waals surface area (Å²) in [5.74, 6) is -0.949. The van der Waals surface area contributed by atoms with Crippen LogP contribution in [0.25, 0.3) is 0 Å². The number of ether oxygens (including phenoxy) is 3. The number of carbonyl (C=O) groups is 3. The molecule has 0 aromatic rings. The van der Waals surface area contributed by atoms with E-state index in [0.29, 0.717) is 19.3 Å². The summed E-state index contributed by atoms with van der Waals surface area (Å²) in [7, 11) is 0. The first-order valence-corrected chi connectivity index (χ1v) is 25.7. The largest absolute Gasteiger partial charge is 0.462 e. The summed E-state index contributed by atoms with van der Waals surface area (Å²) in [5.41, 5.74) is 0. The molecule has 0 rings (SSSR count). The predicted molar refractivity (Wildman–Crippen MR) is 270 cm³/mol. The first-order valence-electron chi connectivity index (χ1n) is 25.7. The summed E-state index contributed by atoms with van der Waals surface area (Å²) in [6.07, 6.45) is 66.7. The Balaban J connectivity index is 4.48. The van der Waals surface area contributed by atoms with Crippen LogP contribution in [0.5, 0.6) is 0 Å². The van der Waals surface area contributed by atoms with Crippen molar-refractivity contribution in [2.45, 2.75) is 232 Å². The van der Waals surface area contributed by atoms with Gasteiger partial charge in [-0.3, -0.25) is 14.4 Å². The highest BCUT2D eigenvalue weighted by Crippen LogP contribution is 2.13. The Kier molecular flexibility index (Phi) is 48.0. The van der Waals surface area contributed by atoms with Crippen molar-refractivity contribution in [2.75, 3.05) is 13.2 Å². The lowest BCUT2D eigenvalue weighted by atomic mass is 10.1. The fraction of sp³-hybridized carbons (Fsp3) is 0.667. The summed E-state index contributed by atoms with van der Waals surface area (Å²) >= 11 is 0. The van der Waals surface area contributed by atoms with Gasteiger partial charge >= 0.3 is 17.9 Å². The number of allylic oxidation sites excluding steroid dienone is 16. The van der Waals surface area contributed by atoms with Gasteiger partial charge in [0.25, 0.3) is 0 Å². The molecule has 63 heavy (non-hydrogen) atoms. The maximum absolute atomic E-state index is 12.8. The Labute approximate surface area is 387 Å². The summed E-state index contributed by atoms with van der Waals surface area (Å²) < 4.78 is 16.8. The predicted octanol–water partition coefficient (Wildman–Crippen LogP) is 17.0. The van der Waals surface area contributed by atoms with Crippen LogP contribution in [-0.2, 0) is 28.6 Å². The van der Waals surface area contributed by atoms with Crippen molar-refractivity contribution in [1.82, 2.24) is 0 Å². The number of carbonyl (C=O) groups excluding carboxylic acids is 3. The first-order chi connectivity index (χ1) is 31.0. The molecular weight excluding hydrogens is 781 g/mol. The van der Waals surface area contributed by atoms with Crippen LogP contribution in [0.1, 0.15) is 226 Å². The quantitative estimate of drug-likeness (QED) is 0.0262. The number of hydrogen-bond donors (Lipinski definition) is 0. The minimum atomic E-state index is -0.800. The lowest BCUT2D eigenvalue weighted by molar-refractivity contribution is -0.167. The number of esters is 3. The Morgan fingerprint density at radius 1 is 0.333 bits per heavy atom. The van der Waals surface area contributed by atoms with Crippen molar-refractivity contribution >= 4 is 17.9 Å². The van der Waals surface area contributed by atoms with Gasteiger partial charge in [-0.2, -0.15) is 0 Å². The third-order valence-corrected chi connectivity index (χ3v) is 10.6. The molecule has 0 bridgehead atoms. The number of hydrogen-bond acceptors (Lipinski definition) is 6. The first kappa shape index (κ1) is 59.3. The molecule has 1 unspecified atom stereocenters. The van der Waals surface area contributed by atoms with E-state index in [9.17, 15) is 14.4 Å². The molecule has 0 spiro atoms. The van der Waals surface area contributed by atoms with Gasteiger partial charge < -0.3 is 14.2 Å². The van der Waals surface area contributed by atoms with Crippen molar-refractivity contribution < 1.29 is 28.6 Å². The topological polar surface area (TPSA) is 78.9 Å². The van der Waals surface area contributed by atoms with E-state index in [1.165, 1.54) is 25.7 Å². The molecular formula is C57H94O6. The molecule has 0 aliphatic rings. The monoisotopic (exact) mass is 875 g/mol. The highest BCUT2D eigenvalue weighted by Gasteiger charge is 2.19. The summed E-state index contributed by atoms with van der Waals surface area (Å²) in [6.45, 7) is 6.34. The molecule has 0 amide bonds. The molecule has 6 nitrogen and oxygen atoms in total. The van der Waals surface area contributed by atoms with Crippen molar-refractivity contribution in [3.63, 3.8) is 0 Å². The maximum atomic E-state index is 12.8. The molecule has 6 heteroatoms. The normalized spacial score (nSPS) is 12.9. The van der Waals surface area contributed by atoms with Crippen LogP contribution in [0.15, 0.2) is 97.2 Å². The van der Waals surface area contributed by atoms with Gasteiger partial charge in [0.15, 0.2) is 6.10 Å². The van der Waals surface area contributed by atoms with E-state index in [1.54, 1.807) is 0 Å². The van der Waals surface area contributed by atoms with Gasteiger partial charge in [-0.25, -0.2) is 0 Å². The van der Waals surface area contributed by atoms with Crippen LogP contribution in [-0.4, -0.2) is 37.2 Å². The molecule has 0 aliphatic carbocycles. The average molecular weight is 875 g/mol. The van der Waals surface area contributed by atoms with E-state index >= 15 is 0 Å². The zero-order chi connectivity index (χ0) is 45.8. The third-order valence-electron chi connectivity index (χ3n) is 10.6. The number of rotatable bonds is 45. The van der Waals surface area contributed by atoms with Crippen molar-refractivity contribution in [3.8, 4) is 0 Å². The van der Waals surface area contributed by atoms with E-state index in [-0.39, 0.29) is 31.1 Å². The van der Waals surface area contributed by atoms with Crippen LogP contribution in [0.3, 0.4) is 0 Å². The molecule has 0 aromatic carbocycles. The summed E-state index contributed by atoms with van der Waals surface area (Å²) in [4.78, 5) is 38.0. The van der Waals surface area contributed by atoms with Gasteiger partial charge in [-0.05, 0) is 116 Å². The molecule has 0 N–H and O–H groups in total. The Hall–Kier alpha value is -3.67. The van der Waals surface area contributed by atoms with Gasteiger partial charge in [0.1, 0.15) is 13.2 Å². The Morgan fingerprint density at radius 3 is 0.968 bits per heavy atom. The molecule has 0 heterocycles. The fourth-order valence-electron chi connectivity index (χ4n) is 6.73. The third kappa shape index (κ3) is 49.2. The smallest absolute Gasteiger partial charge is 0.306 e. The Morgan fingerprint density at radius 2 is 0.619 bits per heavy atom. The zero-order valence-electron chi connectivity index (χ0n) is 40.8. The lowest BCUT2D eigenvalue weighted by Crippen LogP contribution is -2.30. The maximum Gasteiger partial charge on any atom is 0.306 e. The molecule has 1 atom stereocenters. The minimum absolute atomic E-state index is 0.0988. The summed E-state index contributed by atoms with van der Waals surface area (Å²) in [6, 6.07) is 0. The van der Waals surface area contributed by atoms with E-state index < -0.39 is 6.10 Å². The van der Waals surface area contributed by atoms with Gasteiger partial charge in [0.2, 0.25) is 0 Å². The van der Waals surface area contributed by atoms with Crippen molar-refractivity contribution in [1.29, 1.82) is 0 Å². The minimum Gasteiger partial charge on any atom is -0.462 e. The Bertz CT molecular complexity index is 1280. The number of unbranched alkanes of at least 4 members (excludes halogenated alkanes) is 18. The van der Waals surface area contributed by atoms with Crippen LogP contribution in [0.2, 0.25) is 0 Å². The van der Waals surface area contributed by atoms with Crippen LogP contribution >= 0.6 is 0 Å². The lowest BCUT2D eigenvalue weighted by Gasteiger charge is -2.18. The second-order valence-electron chi connectivity index (χ2n) is 16.7. The summed E-state index contributed by atoms with van der Waals surface area (Å²) in [5, 5.41) is 0. The SMILES string of the molecule is CC/C=C/C/C=C/C/C=C/CCCCCCCC(=O)OCC(COC(=O)CCCCCCC/C=C/C/C=C/CCCCC)OC(=O)CCCCCCC/C=C/C/C=C/C/C=C/CC. The van der Waals surface area contributed by atoms with Gasteiger partial charge in [0.05, 0.1) is 0 Å². The van der Waals surface area contributed by atoms with Crippen molar-refractivity contribution in [2.24, 2.45) is 0 Å². The van der Waals surface area contributed by atoms with E-state index in [2.05, 4.69) is 118 Å². The molecule has 0 saturated heterocycles. The second kappa shape index (κ2) is 51.0. The van der Waals surface area contributed by atoms with Crippen LogP contribution in [0.4, 0.5) is 0 Å². The molecule has 358 valence electrons. The van der Waals surface area contributed by atoms with E-state index in [4.69, 9.17) is 14.2 Å². The van der Waals surface area contributed by atoms with Crippen LogP contribution < -0.4 is 0 Å². The van der Waals surface area contributed by atoms with Gasteiger partial charge in [0, 0.05) is 19.3 Å². The molecule has 0 aliphatic heterocycles.